The van der Waals surface area contributed by atoms with Gasteiger partial charge >= 0.3 is 0 Å². The van der Waals surface area contributed by atoms with Crippen LogP contribution in [0, 0.1) is 6.92 Å². The lowest BCUT2D eigenvalue weighted by Gasteiger charge is -2.27. The molecule has 0 atom stereocenters. The van der Waals surface area contributed by atoms with Gasteiger partial charge < -0.3 is 9.64 Å². The minimum Gasteiger partial charge on any atom is -0.375 e. The number of rotatable bonds is 3. The zero-order valence-electron chi connectivity index (χ0n) is 12.3. The lowest BCUT2D eigenvalue weighted by Crippen LogP contribution is -2.37. The fourth-order valence-corrected chi connectivity index (χ4v) is 2.67. The van der Waals surface area contributed by atoms with Crippen LogP contribution in [0.15, 0.2) is 24.3 Å². The van der Waals surface area contributed by atoms with Crippen molar-refractivity contribution in [3.8, 4) is 11.3 Å². The van der Waals surface area contributed by atoms with E-state index in [4.69, 9.17) is 4.74 Å². The molecule has 1 amide bonds. The summed E-state index contributed by atoms with van der Waals surface area (Å²) < 4.78 is 4.94. The van der Waals surface area contributed by atoms with Crippen LogP contribution in [0.3, 0.4) is 0 Å². The lowest BCUT2D eigenvalue weighted by atomic mass is 10.0. The molecule has 0 aliphatic carbocycles. The largest absolute Gasteiger partial charge is 0.375 e. The maximum Gasteiger partial charge on any atom is 0.248 e. The molecule has 2 aromatic rings. The molecule has 5 heteroatoms. The quantitative estimate of drug-likeness (QED) is 0.937. The first-order valence-electron chi connectivity index (χ1n) is 7.09. The van der Waals surface area contributed by atoms with Gasteiger partial charge in [-0.05, 0) is 6.92 Å². The van der Waals surface area contributed by atoms with Crippen LogP contribution in [0.5, 0.6) is 0 Å². The van der Waals surface area contributed by atoms with Crippen LogP contribution in [-0.2, 0) is 22.5 Å². The number of H-pyrrole nitrogens is 1. The molecule has 1 aromatic carbocycles. The van der Waals surface area contributed by atoms with Crippen molar-refractivity contribution in [3.05, 3.63) is 41.1 Å². The Balaban J connectivity index is 1.89. The second-order valence-electron chi connectivity index (χ2n) is 5.39. The topological polar surface area (TPSA) is 58.2 Å². The van der Waals surface area contributed by atoms with Crippen LogP contribution < -0.4 is 0 Å². The Morgan fingerprint density at radius 2 is 2.14 bits per heavy atom. The molecule has 1 N–H and O–H groups in total. The van der Waals surface area contributed by atoms with Crippen molar-refractivity contribution in [2.45, 2.75) is 19.9 Å². The highest BCUT2D eigenvalue weighted by Crippen LogP contribution is 2.28. The van der Waals surface area contributed by atoms with Crippen molar-refractivity contribution >= 4 is 5.91 Å². The molecule has 2 heterocycles. The molecule has 1 aromatic heterocycles. The molecular formula is C16H19N3O2. The normalized spacial score (nSPS) is 14.1. The summed E-state index contributed by atoms with van der Waals surface area (Å²) in [7, 11) is 1.54. The number of methoxy groups -OCH3 is 1. The summed E-state index contributed by atoms with van der Waals surface area (Å²) in [6.45, 7) is 3.50. The van der Waals surface area contributed by atoms with E-state index < -0.39 is 0 Å². The number of fused-ring (bicyclic) bond motifs is 1. The molecule has 110 valence electrons. The average molecular weight is 285 g/mol. The summed E-state index contributed by atoms with van der Waals surface area (Å²) in [6.07, 6.45) is 0.809. The van der Waals surface area contributed by atoms with Gasteiger partial charge in [-0.3, -0.25) is 9.89 Å². The highest BCUT2D eigenvalue weighted by Gasteiger charge is 2.25. The maximum absolute atomic E-state index is 12.0. The molecule has 1 aliphatic heterocycles. The van der Waals surface area contributed by atoms with Crippen LogP contribution in [0.2, 0.25) is 0 Å². The molecule has 21 heavy (non-hydrogen) atoms. The average Bonchev–Trinajstić information content (AvgIpc) is 2.91. The van der Waals surface area contributed by atoms with Gasteiger partial charge in [0.1, 0.15) is 6.61 Å². The van der Waals surface area contributed by atoms with Crippen LogP contribution in [0.25, 0.3) is 11.3 Å². The highest BCUT2D eigenvalue weighted by molar-refractivity contribution is 5.78. The van der Waals surface area contributed by atoms with E-state index in [0.717, 1.165) is 28.9 Å². The summed E-state index contributed by atoms with van der Waals surface area (Å²) in [4.78, 5) is 13.8. The van der Waals surface area contributed by atoms with Crippen LogP contribution in [-0.4, -0.2) is 41.3 Å². The number of carbonyl (C=O) groups is 1. The van der Waals surface area contributed by atoms with Gasteiger partial charge in [0, 0.05) is 43.4 Å². The van der Waals surface area contributed by atoms with Gasteiger partial charge in [0.15, 0.2) is 0 Å². The summed E-state index contributed by atoms with van der Waals surface area (Å²) in [5.74, 6) is 0.0270. The molecule has 3 rings (SSSR count). The Bertz CT molecular complexity index is 646. The van der Waals surface area contributed by atoms with Crippen molar-refractivity contribution in [2.24, 2.45) is 0 Å². The van der Waals surface area contributed by atoms with Crippen molar-refractivity contribution < 1.29 is 9.53 Å². The minimum absolute atomic E-state index is 0.0270. The number of ether oxygens (including phenoxy) is 1. The van der Waals surface area contributed by atoms with Gasteiger partial charge in [-0.15, -0.1) is 0 Å². The van der Waals surface area contributed by atoms with E-state index >= 15 is 0 Å². The first-order valence-corrected chi connectivity index (χ1v) is 7.09. The Morgan fingerprint density at radius 3 is 2.86 bits per heavy atom. The molecule has 0 fully saturated rings. The van der Waals surface area contributed by atoms with E-state index in [-0.39, 0.29) is 12.5 Å². The third kappa shape index (κ3) is 2.69. The van der Waals surface area contributed by atoms with Crippen LogP contribution in [0.1, 0.15) is 16.8 Å². The minimum atomic E-state index is 0.0270. The molecule has 0 bridgehead atoms. The number of amides is 1. The second-order valence-corrected chi connectivity index (χ2v) is 5.39. The van der Waals surface area contributed by atoms with Crippen molar-refractivity contribution in [1.29, 1.82) is 0 Å². The molecule has 5 nitrogen and oxygen atoms in total. The number of nitrogens with one attached hydrogen (secondary N) is 1. The van der Waals surface area contributed by atoms with E-state index in [2.05, 4.69) is 41.4 Å². The first kappa shape index (κ1) is 13.8. The predicted molar refractivity (Wildman–Crippen MR) is 79.8 cm³/mol. The SMILES string of the molecule is COCC(=O)N1CCc2[nH]nc(-c3ccc(C)cc3)c2C1. The van der Waals surface area contributed by atoms with Gasteiger partial charge in [-0.2, -0.15) is 5.10 Å². The number of carbonyl (C=O) groups excluding carboxylic acids is 1. The fraction of sp³-hybridized carbons (Fsp3) is 0.375. The van der Waals surface area contributed by atoms with Gasteiger partial charge in [0.2, 0.25) is 5.91 Å². The third-order valence-corrected chi connectivity index (χ3v) is 3.88. The summed E-state index contributed by atoms with van der Waals surface area (Å²) >= 11 is 0. The monoisotopic (exact) mass is 285 g/mol. The smallest absolute Gasteiger partial charge is 0.248 e. The summed E-state index contributed by atoms with van der Waals surface area (Å²) in [5, 5.41) is 7.55. The Morgan fingerprint density at radius 1 is 1.38 bits per heavy atom. The molecular weight excluding hydrogens is 266 g/mol. The number of nitrogens with zero attached hydrogens (tertiary/aromatic N) is 2. The van der Waals surface area contributed by atoms with Gasteiger partial charge in [0.25, 0.3) is 0 Å². The van der Waals surface area contributed by atoms with Crippen LogP contribution in [0.4, 0.5) is 0 Å². The van der Waals surface area contributed by atoms with Crippen molar-refractivity contribution in [1.82, 2.24) is 15.1 Å². The lowest BCUT2D eigenvalue weighted by molar-refractivity contribution is -0.136. The number of hydrogen-bond acceptors (Lipinski definition) is 3. The van der Waals surface area contributed by atoms with Gasteiger partial charge in [-0.1, -0.05) is 29.8 Å². The van der Waals surface area contributed by atoms with Crippen molar-refractivity contribution in [3.63, 3.8) is 0 Å². The second kappa shape index (κ2) is 5.69. The van der Waals surface area contributed by atoms with E-state index in [9.17, 15) is 4.79 Å². The zero-order valence-corrected chi connectivity index (χ0v) is 12.3. The molecule has 0 radical (unpaired) electrons. The number of aryl methyl sites for hydroxylation is 1. The number of benzene rings is 1. The Labute approximate surface area is 123 Å². The summed E-state index contributed by atoms with van der Waals surface area (Å²) in [6, 6.07) is 8.30. The zero-order chi connectivity index (χ0) is 14.8. The maximum atomic E-state index is 12.0. The first-order chi connectivity index (χ1) is 10.2. The third-order valence-electron chi connectivity index (χ3n) is 3.88. The fourth-order valence-electron chi connectivity index (χ4n) is 2.67. The van der Waals surface area contributed by atoms with E-state index in [1.807, 2.05) is 4.90 Å². The number of aromatic amines is 1. The van der Waals surface area contributed by atoms with Crippen LogP contribution >= 0.6 is 0 Å². The van der Waals surface area contributed by atoms with E-state index in [1.54, 1.807) is 7.11 Å². The van der Waals surface area contributed by atoms with E-state index in [0.29, 0.717) is 13.1 Å². The van der Waals surface area contributed by atoms with Crippen molar-refractivity contribution in [2.75, 3.05) is 20.3 Å². The Hall–Kier alpha value is -2.14. The Kier molecular flexibility index (Phi) is 3.75. The predicted octanol–water partition coefficient (Wildman–Crippen LogP) is 1.92. The van der Waals surface area contributed by atoms with E-state index in [1.165, 1.54) is 5.56 Å². The van der Waals surface area contributed by atoms with Gasteiger partial charge in [0.05, 0.1) is 5.69 Å². The highest BCUT2D eigenvalue weighted by atomic mass is 16.5. The molecule has 0 saturated carbocycles. The summed E-state index contributed by atoms with van der Waals surface area (Å²) in [5.41, 5.74) is 5.50. The standard InChI is InChI=1S/C16H19N3O2/c1-11-3-5-12(6-4-11)16-13-9-19(15(20)10-21-2)8-7-14(13)17-18-16/h3-6H,7-10H2,1-2H3,(H,17,18). The molecule has 0 saturated heterocycles. The number of hydrogen-bond donors (Lipinski definition) is 1. The number of aromatic nitrogens is 2. The molecule has 1 aliphatic rings. The molecule has 0 unspecified atom stereocenters. The van der Waals surface area contributed by atoms with Gasteiger partial charge in [-0.25, -0.2) is 0 Å². The molecule has 0 spiro atoms.